The van der Waals surface area contributed by atoms with Crippen LogP contribution in [0.2, 0.25) is 0 Å². The Labute approximate surface area is 675 Å². The van der Waals surface area contributed by atoms with Crippen LogP contribution in [0.5, 0.6) is 5.75 Å². The molecule has 116 heavy (non-hydrogen) atoms. The number of phenolic OH excluding ortho intramolecular Hbond substituents is 1. The zero-order chi connectivity index (χ0) is 82.8. The summed E-state index contributed by atoms with van der Waals surface area (Å²) in [5.74, 6) is -1.47. The Kier molecular flexibility index (Phi) is 28.6. The van der Waals surface area contributed by atoms with Gasteiger partial charge in [-0.25, -0.2) is 26.1 Å². The third kappa shape index (κ3) is 21.0. The summed E-state index contributed by atoms with van der Waals surface area (Å²) in [5, 5.41) is 52.9. The molecule has 3 heterocycles. The van der Waals surface area contributed by atoms with Gasteiger partial charge in [0.15, 0.2) is 5.78 Å². The zero-order valence-electron chi connectivity index (χ0n) is 66.0. The number of nitro benzene ring substituents is 1. The standard InChI is InChI=1S/C87H98N12O15S2/c1-7-93(8-2)66-35-41-74-79(52-66)114-80-53-67(94(9-3)10-4)36-42-75(80)84(74)72-24-16-17-25-73(72)87(107)96-48-46-95(47-49-96)83(104)44-43-81(102)88-45-18-12-15-26-82(103)90-76(50-60-27-31-63(32-28-60)85(105)62-20-13-11-14-21-62)86(106)89-55-64-57-98(92-91-64)77(51-61-29-37-68(100)38-30-61)78(101)58-97(56-59(5)6)116(112,113)71-23-19-22-70(54-71)115(110,111)69-39-33-65(34-40-69)99(108)109/h11,13-14,16-17,19-25,27-42,52-54,57,59,76-78,101H,7-10,12,15,18,26,43-51,55-56,58H2,1-6H3,(H3-,88,89,90,100,102,103,106)/p+1/t76-,77-,78?/m0/s1. The summed E-state index contributed by atoms with van der Waals surface area (Å²) in [6.45, 7) is 16.0. The maximum Gasteiger partial charge on any atom is 0.269 e. The van der Waals surface area contributed by atoms with Crippen molar-refractivity contribution in [2.24, 2.45) is 5.92 Å². The van der Waals surface area contributed by atoms with Gasteiger partial charge in [0.25, 0.3) is 11.6 Å². The molecule has 608 valence electrons. The lowest BCUT2D eigenvalue weighted by Gasteiger charge is -2.35. The monoisotopic (exact) mass is 1620 g/mol. The van der Waals surface area contributed by atoms with Crippen molar-refractivity contribution in [3.05, 3.63) is 243 Å². The van der Waals surface area contributed by atoms with Crippen LogP contribution in [0.25, 0.3) is 33.4 Å². The third-order valence-corrected chi connectivity index (χ3v) is 24.4. The number of nitrogens with one attached hydrogen (secondary N) is 3. The lowest BCUT2D eigenvalue weighted by atomic mass is 9.90. The molecule has 1 aromatic heterocycles. The van der Waals surface area contributed by atoms with Gasteiger partial charge in [0.2, 0.25) is 48.8 Å². The summed E-state index contributed by atoms with van der Waals surface area (Å²) in [6.07, 6.45) is 1.44. The van der Waals surface area contributed by atoms with Crippen LogP contribution in [0.3, 0.4) is 0 Å². The number of fused-ring (bicyclic) bond motifs is 2. The van der Waals surface area contributed by atoms with E-state index in [1.54, 1.807) is 84.3 Å². The highest BCUT2D eigenvalue weighted by Crippen LogP contribution is 2.43. The molecule has 0 saturated carbocycles. The number of phenols is 1. The number of aliphatic hydroxyl groups is 1. The molecule has 3 atom stereocenters. The van der Waals surface area contributed by atoms with E-state index in [1.807, 2.05) is 30.3 Å². The molecule has 1 unspecified atom stereocenters. The second-order valence-electron chi connectivity index (χ2n) is 29.1. The molecule has 3 aliphatic rings. The number of sulfonamides is 1. The van der Waals surface area contributed by atoms with Crippen molar-refractivity contribution >= 4 is 77.5 Å². The summed E-state index contributed by atoms with van der Waals surface area (Å²) in [4.78, 5) is 98.2. The number of nitro groups is 1. The summed E-state index contributed by atoms with van der Waals surface area (Å²) >= 11 is 0. The molecule has 1 aliphatic carbocycles. The Morgan fingerprint density at radius 1 is 0.638 bits per heavy atom. The number of non-ortho nitro benzene ring substituents is 1. The predicted molar refractivity (Wildman–Crippen MR) is 441 cm³/mol. The average Bonchev–Trinajstić information content (AvgIpc) is 1.13. The maximum absolute atomic E-state index is 14.7. The molecule has 29 heteroatoms. The first-order valence-electron chi connectivity index (χ1n) is 39.3. The second kappa shape index (κ2) is 39.0. The van der Waals surface area contributed by atoms with Crippen LogP contribution in [0.4, 0.5) is 11.4 Å². The fourth-order valence-electron chi connectivity index (χ4n) is 14.5. The number of piperazine rings is 1. The fourth-order valence-corrected chi connectivity index (χ4v) is 17.5. The number of carbonyl (C=O) groups is 6. The Morgan fingerprint density at radius 2 is 1.30 bits per heavy atom. The van der Waals surface area contributed by atoms with Crippen LogP contribution < -0.4 is 30.8 Å². The van der Waals surface area contributed by atoms with Crippen molar-refractivity contribution in [3.63, 3.8) is 0 Å². The van der Waals surface area contributed by atoms with Crippen LogP contribution in [0.1, 0.15) is 129 Å². The number of amides is 5. The lowest BCUT2D eigenvalue weighted by molar-refractivity contribution is -0.384. The molecule has 0 bridgehead atoms. The van der Waals surface area contributed by atoms with Gasteiger partial charge in [0.1, 0.15) is 41.9 Å². The van der Waals surface area contributed by atoms with E-state index in [-0.39, 0.29) is 102 Å². The first-order chi connectivity index (χ1) is 55.8. The Hall–Kier alpha value is -11.8. The first-order valence-corrected chi connectivity index (χ1v) is 42.2. The van der Waals surface area contributed by atoms with Gasteiger partial charge in [-0.2, -0.15) is 4.31 Å². The molecule has 27 nitrogen and oxygen atoms in total. The smallest absolute Gasteiger partial charge is 0.269 e. The van der Waals surface area contributed by atoms with E-state index in [2.05, 4.69) is 99.8 Å². The van der Waals surface area contributed by atoms with Crippen LogP contribution in [0.15, 0.2) is 213 Å². The molecular weight excluding hydrogens is 1520 g/mol. The minimum absolute atomic E-state index is 0.0139. The van der Waals surface area contributed by atoms with Crippen molar-refractivity contribution in [2.75, 3.05) is 76.9 Å². The Morgan fingerprint density at radius 3 is 1.99 bits per heavy atom. The number of hydrogen-bond acceptors (Lipinski definition) is 18. The van der Waals surface area contributed by atoms with E-state index in [9.17, 15) is 65.9 Å². The molecule has 0 spiro atoms. The molecule has 5 N–H and O–H groups in total. The number of rotatable bonds is 37. The number of unbranched alkanes of at least 4 members (excludes halogenated alkanes) is 2. The van der Waals surface area contributed by atoms with Crippen LogP contribution in [0, 0.1) is 16.0 Å². The number of anilines is 1. The highest BCUT2D eigenvalue weighted by Gasteiger charge is 2.35. The molecule has 5 amide bonds. The van der Waals surface area contributed by atoms with Gasteiger partial charge in [0, 0.05) is 148 Å². The van der Waals surface area contributed by atoms with Crippen LogP contribution >= 0.6 is 0 Å². The number of hydrogen-bond donors (Lipinski definition) is 5. The van der Waals surface area contributed by atoms with Gasteiger partial charge >= 0.3 is 0 Å². The number of benzene rings is 8. The van der Waals surface area contributed by atoms with Crippen LogP contribution in [-0.4, -0.2) is 181 Å². The molecule has 8 aromatic rings. The molecule has 1 saturated heterocycles. The molecular formula is C87H99N12O15S2+. The first kappa shape index (κ1) is 85.1. The van der Waals surface area contributed by atoms with Crippen LogP contribution in [-0.2, 0) is 58.4 Å². The van der Waals surface area contributed by atoms with E-state index >= 15 is 0 Å². The van der Waals surface area contributed by atoms with E-state index in [1.165, 1.54) is 41.2 Å². The molecule has 0 radical (unpaired) electrons. The zero-order valence-corrected chi connectivity index (χ0v) is 67.6. The largest absolute Gasteiger partial charge is 0.508 e. The molecule has 7 aromatic carbocycles. The molecule has 1 fully saturated rings. The number of ketones is 1. The lowest BCUT2D eigenvalue weighted by Crippen LogP contribution is -2.50. The highest BCUT2D eigenvalue weighted by molar-refractivity contribution is 7.91. The summed E-state index contributed by atoms with van der Waals surface area (Å²) in [7, 11) is -8.94. The number of aromatic hydroxyl groups is 1. The van der Waals surface area contributed by atoms with E-state index < -0.39 is 66.2 Å². The quantitative estimate of drug-likeness (QED) is 0.00603. The summed E-state index contributed by atoms with van der Waals surface area (Å²) < 4.78 is 68.3. The topological polar surface area (TPSA) is 350 Å². The predicted octanol–water partition coefficient (Wildman–Crippen LogP) is 10.4. The van der Waals surface area contributed by atoms with E-state index in [0.717, 1.165) is 93.9 Å². The van der Waals surface area contributed by atoms with Crippen molar-refractivity contribution in [2.45, 2.75) is 132 Å². The normalized spacial score (nSPS) is 13.3. The highest BCUT2D eigenvalue weighted by atomic mass is 32.2. The van der Waals surface area contributed by atoms with E-state index in [4.69, 9.17) is 4.42 Å². The van der Waals surface area contributed by atoms with Crippen molar-refractivity contribution < 1.29 is 65.2 Å². The summed E-state index contributed by atoms with van der Waals surface area (Å²) in [6, 6.07) is 48.5. The van der Waals surface area contributed by atoms with Gasteiger partial charge in [-0.05, 0) is 136 Å². The SMILES string of the molecule is CCN(CC)c1ccc2c(-c3ccccc3C(=O)N3CCN(C(=O)CCC(=O)NCCCCCC(=O)N[C@@H](Cc4ccc(C(=O)c5ccccc5)cc4)C(=O)NCc4cn([C@@H](Cc5ccc(O)cc5)C(O)CN(CC(C)C)S(=O)(=O)c5cccc(S(=O)(=O)c6ccc([N+](=O)[O-])cc6)c5)nn4)CC3)c3ccc(=[N+](CC)CC)cc-3oc2c1. The average molecular weight is 1620 g/mol. The van der Waals surface area contributed by atoms with Crippen molar-refractivity contribution in [3.8, 4) is 28.2 Å². The third-order valence-electron chi connectivity index (χ3n) is 20.8. The maximum atomic E-state index is 14.7. The minimum atomic E-state index is -4.56. The number of carbonyl (C=O) groups excluding carboxylic acids is 6. The number of sulfone groups is 1. The van der Waals surface area contributed by atoms with E-state index in [0.29, 0.717) is 91.1 Å². The Bertz CT molecular complexity index is 5430. The van der Waals surface area contributed by atoms with Gasteiger partial charge in [-0.15, -0.1) is 5.10 Å². The molecule has 11 rings (SSSR count). The van der Waals surface area contributed by atoms with Gasteiger partial charge in [-0.3, -0.25) is 38.9 Å². The second-order valence-corrected chi connectivity index (χ2v) is 33.0. The summed E-state index contributed by atoms with van der Waals surface area (Å²) in [5.41, 5.74) is 6.89. The Balaban J connectivity index is 0.686. The van der Waals surface area contributed by atoms with Gasteiger partial charge in [0.05, 0.1) is 50.6 Å². The van der Waals surface area contributed by atoms with Crippen molar-refractivity contribution in [1.82, 2.24) is 49.6 Å². The minimum Gasteiger partial charge on any atom is -0.508 e. The van der Waals surface area contributed by atoms with Gasteiger partial charge in [-0.1, -0.05) is 116 Å². The fraction of sp³-hybridized carbons (Fsp3) is 0.345. The van der Waals surface area contributed by atoms with Crippen molar-refractivity contribution in [1.29, 1.82) is 0 Å². The number of aliphatic hydroxyl groups excluding tert-OH is 1. The van der Waals surface area contributed by atoms with Gasteiger partial charge < -0.3 is 45.3 Å². The molecule has 2 aliphatic heterocycles. The number of aromatic nitrogens is 3. The number of nitrogens with zero attached hydrogens (tertiary/aromatic N) is 9.